The van der Waals surface area contributed by atoms with Crippen molar-refractivity contribution in [2.75, 3.05) is 5.32 Å². The van der Waals surface area contributed by atoms with Gasteiger partial charge in [-0.3, -0.25) is 14.9 Å². The van der Waals surface area contributed by atoms with Gasteiger partial charge in [-0.1, -0.05) is 13.8 Å². The van der Waals surface area contributed by atoms with Crippen molar-refractivity contribution in [3.8, 4) is 0 Å². The molecule has 0 saturated heterocycles. The molecule has 0 aliphatic heterocycles. The molecule has 0 saturated carbocycles. The number of carbonyl (C=O) groups is 1. The van der Waals surface area contributed by atoms with E-state index in [0.717, 1.165) is 0 Å². The third-order valence-corrected chi connectivity index (χ3v) is 2.83. The van der Waals surface area contributed by atoms with E-state index in [2.05, 4.69) is 10.4 Å². The molecule has 8 heteroatoms. The summed E-state index contributed by atoms with van der Waals surface area (Å²) >= 11 is 0. The quantitative estimate of drug-likeness (QED) is 0.611. The zero-order valence-electron chi connectivity index (χ0n) is 12.3. The van der Waals surface area contributed by atoms with E-state index in [0.29, 0.717) is 5.69 Å². The zero-order chi connectivity index (χ0) is 15.7. The topological polar surface area (TPSA) is 110 Å². The average Bonchev–Trinajstić information content (AvgIpc) is 2.53. The predicted octanol–water partition coefficient (Wildman–Crippen LogP) is 2.12. The van der Waals surface area contributed by atoms with Crippen LogP contribution in [0.2, 0.25) is 0 Å². The number of aliphatic carboxylic acids is 1. The van der Waals surface area contributed by atoms with Crippen molar-refractivity contribution in [2.24, 2.45) is 7.05 Å². The minimum atomic E-state index is -0.976. The van der Waals surface area contributed by atoms with Crippen LogP contribution in [-0.2, 0) is 11.8 Å². The van der Waals surface area contributed by atoms with Gasteiger partial charge >= 0.3 is 11.7 Å². The summed E-state index contributed by atoms with van der Waals surface area (Å²) in [5, 5.41) is 27.2. The van der Waals surface area contributed by atoms with Gasteiger partial charge in [0.2, 0.25) is 5.82 Å². The van der Waals surface area contributed by atoms with E-state index in [1.165, 1.54) is 4.68 Å². The SMILES string of the molecule is CC(C)c1nn(C)c(NC(C)(C)CC(=O)O)c1[N+](=O)[O-]. The highest BCUT2D eigenvalue weighted by Gasteiger charge is 2.32. The highest BCUT2D eigenvalue weighted by atomic mass is 16.6. The molecule has 0 aliphatic rings. The maximum Gasteiger partial charge on any atom is 0.334 e. The van der Waals surface area contributed by atoms with Crippen molar-refractivity contribution in [3.63, 3.8) is 0 Å². The van der Waals surface area contributed by atoms with E-state index in [1.54, 1.807) is 20.9 Å². The van der Waals surface area contributed by atoms with Gasteiger partial charge in [-0.05, 0) is 13.8 Å². The van der Waals surface area contributed by atoms with Gasteiger partial charge in [-0.2, -0.15) is 5.10 Å². The molecule has 0 spiro atoms. The van der Waals surface area contributed by atoms with E-state index in [4.69, 9.17) is 5.11 Å². The fraction of sp³-hybridized carbons (Fsp3) is 0.667. The van der Waals surface area contributed by atoms with Gasteiger partial charge in [0.05, 0.1) is 11.3 Å². The number of nitro groups is 1. The summed E-state index contributed by atoms with van der Waals surface area (Å²) in [6.45, 7) is 6.99. The zero-order valence-corrected chi connectivity index (χ0v) is 12.3. The highest BCUT2D eigenvalue weighted by Crippen LogP contribution is 2.34. The smallest absolute Gasteiger partial charge is 0.334 e. The second kappa shape index (κ2) is 5.48. The average molecular weight is 284 g/mol. The molecule has 0 radical (unpaired) electrons. The lowest BCUT2D eigenvalue weighted by Crippen LogP contribution is -2.34. The molecule has 1 rings (SSSR count). The Hall–Kier alpha value is -2.12. The summed E-state index contributed by atoms with van der Waals surface area (Å²) in [6.07, 6.45) is -0.160. The van der Waals surface area contributed by atoms with Crippen molar-refractivity contribution < 1.29 is 14.8 Å². The summed E-state index contributed by atoms with van der Waals surface area (Å²) in [4.78, 5) is 21.6. The van der Waals surface area contributed by atoms with Crippen molar-refractivity contribution in [1.82, 2.24) is 9.78 Å². The summed E-state index contributed by atoms with van der Waals surface area (Å²) in [7, 11) is 1.60. The number of hydrogen-bond acceptors (Lipinski definition) is 5. The largest absolute Gasteiger partial charge is 0.481 e. The number of aryl methyl sites for hydroxylation is 1. The number of nitrogens with zero attached hydrogens (tertiary/aromatic N) is 3. The second-order valence-electron chi connectivity index (χ2n) is 5.70. The minimum Gasteiger partial charge on any atom is -0.481 e. The Kier molecular flexibility index (Phi) is 4.36. The van der Waals surface area contributed by atoms with Gasteiger partial charge in [0.15, 0.2) is 0 Å². The van der Waals surface area contributed by atoms with E-state index >= 15 is 0 Å². The molecule has 8 nitrogen and oxygen atoms in total. The number of aromatic nitrogens is 2. The van der Waals surface area contributed by atoms with Gasteiger partial charge in [0.25, 0.3) is 0 Å². The van der Waals surface area contributed by atoms with Gasteiger partial charge in [-0.25, -0.2) is 4.68 Å². The molecule has 0 amide bonds. The molecule has 0 aromatic carbocycles. The third kappa shape index (κ3) is 3.46. The maximum atomic E-state index is 11.3. The van der Waals surface area contributed by atoms with Crippen LogP contribution < -0.4 is 5.32 Å². The van der Waals surface area contributed by atoms with E-state index in [-0.39, 0.29) is 23.8 Å². The van der Waals surface area contributed by atoms with Crippen molar-refractivity contribution in [3.05, 3.63) is 15.8 Å². The standard InChI is InChI=1S/C12H20N4O4/c1-7(2)9-10(16(19)20)11(15(5)14-9)13-12(3,4)6-8(17)18/h7,13H,6H2,1-5H3,(H,17,18). The van der Waals surface area contributed by atoms with Gasteiger partial charge in [0, 0.05) is 18.5 Å². The molecule has 0 atom stereocenters. The Labute approximate surface area is 116 Å². The Bertz CT molecular complexity index is 534. The predicted molar refractivity (Wildman–Crippen MR) is 73.9 cm³/mol. The normalized spacial score (nSPS) is 11.7. The Morgan fingerprint density at radius 3 is 2.50 bits per heavy atom. The van der Waals surface area contributed by atoms with Crippen LogP contribution in [0.15, 0.2) is 0 Å². The summed E-state index contributed by atoms with van der Waals surface area (Å²) < 4.78 is 1.39. The monoisotopic (exact) mass is 284 g/mol. The molecular formula is C12H20N4O4. The van der Waals surface area contributed by atoms with Crippen LogP contribution in [0.4, 0.5) is 11.5 Å². The van der Waals surface area contributed by atoms with E-state index < -0.39 is 16.4 Å². The number of carboxylic acids is 1. The van der Waals surface area contributed by atoms with Crippen LogP contribution in [0.3, 0.4) is 0 Å². The lowest BCUT2D eigenvalue weighted by Gasteiger charge is -2.24. The fourth-order valence-corrected chi connectivity index (χ4v) is 1.99. The van der Waals surface area contributed by atoms with Crippen molar-refractivity contribution >= 4 is 17.5 Å². The number of carboxylic acid groups (broad SMARTS) is 1. The lowest BCUT2D eigenvalue weighted by molar-refractivity contribution is -0.384. The van der Waals surface area contributed by atoms with Crippen LogP contribution >= 0.6 is 0 Å². The first-order valence-corrected chi connectivity index (χ1v) is 6.26. The number of rotatable bonds is 6. The minimum absolute atomic E-state index is 0.0963. The van der Waals surface area contributed by atoms with E-state index in [1.807, 2.05) is 13.8 Å². The summed E-state index contributed by atoms with van der Waals surface area (Å²) in [5.41, 5.74) is -0.536. The van der Waals surface area contributed by atoms with Gasteiger partial charge < -0.3 is 10.4 Å². The van der Waals surface area contributed by atoms with Gasteiger partial charge in [0.1, 0.15) is 5.69 Å². The van der Waals surface area contributed by atoms with Crippen LogP contribution in [-0.4, -0.2) is 31.3 Å². The molecule has 0 fully saturated rings. The first-order chi connectivity index (χ1) is 9.05. The Morgan fingerprint density at radius 2 is 2.10 bits per heavy atom. The first kappa shape index (κ1) is 15.9. The number of hydrogen-bond donors (Lipinski definition) is 2. The van der Waals surface area contributed by atoms with Crippen LogP contribution in [0.1, 0.15) is 45.7 Å². The molecule has 0 bridgehead atoms. The van der Waals surface area contributed by atoms with E-state index in [9.17, 15) is 14.9 Å². The van der Waals surface area contributed by atoms with Crippen molar-refractivity contribution in [1.29, 1.82) is 0 Å². The molecule has 1 aromatic heterocycles. The number of nitrogens with one attached hydrogen (secondary N) is 1. The molecule has 2 N–H and O–H groups in total. The molecule has 0 aliphatic carbocycles. The molecule has 0 unspecified atom stereocenters. The highest BCUT2D eigenvalue weighted by molar-refractivity contribution is 5.70. The molecule has 1 aromatic rings. The number of anilines is 1. The van der Waals surface area contributed by atoms with Crippen LogP contribution in [0.25, 0.3) is 0 Å². The molecule has 112 valence electrons. The molecule has 20 heavy (non-hydrogen) atoms. The van der Waals surface area contributed by atoms with Crippen LogP contribution in [0.5, 0.6) is 0 Å². The van der Waals surface area contributed by atoms with Crippen molar-refractivity contribution in [2.45, 2.75) is 45.6 Å². The Balaban J connectivity index is 3.24. The third-order valence-electron chi connectivity index (χ3n) is 2.83. The van der Waals surface area contributed by atoms with Gasteiger partial charge in [-0.15, -0.1) is 0 Å². The first-order valence-electron chi connectivity index (χ1n) is 6.26. The summed E-state index contributed by atoms with van der Waals surface area (Å²) in [6, 6.07) is 0. The molecule has 1 heterocycles. The molecular weight excluding hydrogens is 264 g/mol. The summed E-state index contributed by atoms with van der Waals surface area (Å²) in [5.74, 6) is -0.846. The van der Waals surface area contributed by atoms with Crippen LogP contribution in [0, 0.1) is 10.1 Å². The Morgan fingerprint density at radius 1 is 1.55 bits per heavy atom. The second-order valence-corrected chi connectivity index (χ2v) is 5.70. The fourth-order valence-electron chi connectivity index (χ4n) is 1.99. The maximum absolute atomic E-state index is 11.3. The lowest BCUT2D eigenvalue weighted by atomic mass is 10.0.